The first-order valence-electron chi connectivity index (χ1n) is 7.61. The molecule has 29 heavy (non-hydrogen) atoms. The van der Waals surface area contributed by atoms with Gasteiger partial charge in [-0.3, -0.25) is 0 Å². The van der Waals surface area contributed by atoms with Gasteiger partial charge in [-0.2, -0.15) is 39.5 Å². The Morgan fingerprint density at radius 1 is 0.862 bits per heavy atom. The molecule has 0 spiro atoms. The number of methoxy groups -OCH3 is 1. The molecule has 15 heteroatoms. The van der Waals surface area contributed by atoms with Crippen LogP contribution in [-0.2, 0) is 19.0 Å². The molecule has 1 atom stereocenters. The Morgan fingerprint density at radius 2 is 1.28 bits per heavy atom. The van der Waals surface area contributed by atoms with Crippen molar-refractivity contribution < 1.29 is 63.3 Å². The summed E-state index contributed by atoms with van der Waals surface area (Å²) in [4.78, 5) is 23.1. The predicted octanol–water partition coefficient (Wildman–Crippen LogP) is 3.89. The maximum absolute atomic E-state index is 12.8. The SMILES string of the molecule is COC(=O)[C@H](CCOC(C(F)(F)F)(C(F)(F)F)C(F)(F)F)NC(=O)OC(C)(C)C. The molecule has 0 radical (unpaired) electrons. The van der Waals surface area contributed by atoms with E-state index in [1.165, 1.54) is 20.8 Å². The second-order valence-corrected chi connectivity index (χ2v) is 6.53. The zero-order valence-electron chi connectivity index (χ0n) is 15.4. The molecule has 1 N–H and O–H groups in total. The van der Waals surface area contributed by atoms with Crippen LogP contribution in [0.15, 0.2) is 0 Å². The van der Waals surface area contributed by atoms with Gasteiger partial charge in [0.05, 0.1) is 13.7 Å². The van der Waals surface area contributed by atoms with Crippen LogP contribution < -0.4 is 5.32 Å². The van der Waals surface area contributed by atoms with Crippen molar-refractivity contribution in [2.24, 2.45) is 0 Å². The molecular weight excluding hydrogens is 433 g/mol. The number of carbonyl (C=O) groups is 2. The lowest BCUT2D eigenvalue weighted by Crippen LogP contribution is -2.68. The molecule has 0 aromatic carbocycles. The number of amides is 1. The Morgan fingerprint density at radius 3 is 1.59 bits per heavy atom. The van der Waals surface area contributed by atoms with Crippen LogP contribution in [0.5, 0.6) is 0 Å². The number of nitrogens with one attached hydrogen (secondary N) is 1. The summed E-state index contributed by atoms with van der Waals surface area (Å²) < 4.78 is 127. The minimum atomic E-state index is -6.91. The minimum absolute atomic E-state index is 0.762. The van der Waals surface area contributed by atoms with Crippen LogP contribution in [-0.4, -0.2) is 61.6 Å². The van der Waals surface area contributed by atoms with Gasteiger partial charge in [0.2, 0.25) is 0 Å². The lowest BCUT2D eigenvalue weighted by atomic mass is 10.0. The van der Waals surface area contributed by atoms with Gasteiger partial charge in [0.25, 0.3) is 0 Å². The smallest absolute Gasteiger partial charge is 0.435 e. The third-order valence-corrected chi connectivity index (χ3v) is 3.10. The van der Waals surface area contributed by atoms with Gasteiger partial charge in [-0.1, -0.05) is 0 Å². The van der Waals surface area contributed by atoms with Crippen molar-refractivity contribution in [2.45, 2.75) is 63.0 Å². The zero-order chi connectivity index (χ0) is 23.5. The van der Waals surface area contributed by atoms with Crippen molar-refractivity contribution in [3.63, 3.8) is 0 Å². The summed E-state index contributed by atoms with van der Waals surface area (Å²) in [7, 11) is 0.762. The van der Waals surface area contributed by atoms with Crippen LogP contribution in [0.4, 0.5) is 44.3 Å². The van der Waals surface area contributed by atoms with E-state index in [0.29, 0.717) is 0 Å². The van der Waals surface area contributed by atoms with Crippen LogP contribution in [0.25, 0.3) is 0 Å². The molecule has 0 aromatic rings. The molecule has 0 aromatic heterocycles. The molecule has 6 nitrogen and oxygen atoms in total. The van der Waals surface area contributed by atoms with E-state index in [1.807, 2.05) is 0 Å². The van der Waals surface area contributed by atoms with Crippen LogP contribution >= 0.6 is 0 Å². The molecule has 0 fully saturated rings. The third kappa shape index (κ3) is 6.82. The van der Waals surface area contributed by atoms with E-state index in [-0.39, 0.29) is 0 Å². The average Bonchev–Trinajstić information content (AvgIpc) is 2.43. The van der Waals surface area contributed by atoms with Gasteiger partial charge in [0.1, 0.15) is 11.6 Å². The quantitative estimate of drug-likeness (QED) is 0.490. The maximum Gasteiger partial charge on any atom is 0.435 e. The van der Waals surface area contributed by atoms with Crippen molar-refractivity contribution in [2.75, 3.05) is 13.7 Å². The number of esters is 1. The highest BCUT2D eigenvalue weighted by molar-refractivity contribution is 5.81. The van der Waals surface area contributed by atoms with Crippen molar-refractivity contribution in [1.82, 2.24) is 5.32 Å². The molecule has 0 aliphatic heterocycles. The van der Waals surface area contributed by atoms with E-state index >= 15 is 0 Å². The number of ether oxygens (including phenoxy) is 3. The van der Waals surface area contributed by atoms with E-state index in [1.54, 1.807) is 5.32 Å². The number of rotatable bonds is 6. The van der Waals surface area contributed by atoms with Crippen molar-refractivity contribution in [3.05, 3.63) is 0 Å². The van der Waals surface area contributed by atoms with Crippen molar-refractivity contribution in [3.8, 4) is 0 Å². The maximum atomic E-state index is 12.8. The molecule has 0 unspecified atom stereocenters. The lowest BCUT2D eigenvalue weighted by molar-refractivity contribution is -0.457. The fourth-order valence-electron chi connectivity index (χ4n) is 1.90. The first-order valence-corrected chi connectivity index (χ1v) is 7.61. The van der Waals surface area contributed by atoms with Gasteiger partial charge >= 0.3 is 36.2 Å². The second kappa shape index (κ2) is 8.83. The fourth-order valence-corrected chi connectivity index (χ4v) is 1.90. The van der Waals surface area contributed by atoms with Gasteiger partial charge in [0.15, 0.2) is 0 Å². The van der Waals surface area contributed by atoms with Crippen molar-refractivity contribution in [1.29, 1.82) is 0 Å². The van der Waals surface area contributed by atoms with E-state index in [2.05, 4.69) is 9.47 Å². The van der Waals surface area contributed by atoms with Gasteiger partial charge in [0, 0.05) is 6.42 Å². The van der Waals surface area contributed by atoms with Gasteiger partial charge in [-0.05, 0) is 20.8 Å². The van der Waals surface area contributed by atoms with E-state index < -0.39 is 60.9 Å². The minimum Gasteiger partial charge on any atom is -0.467 e. The molecule has 172 valence electrons. The fraction of sp³-hybridized carbons (Fsp3) is 0.857. The Bertz CT molecular complexity index is 542. The molecule has 0 aliphatic rings. The monoisotopic (exact) mass is 451 g/mol. The first-order chi connectivity index (χ1) is 12.7. The molecule has 0 rings (SSSR count). The predicted molar refractivity (Wildman–Crippen MR) is 76.6 cm³/mol. The lowest BCUT2D eigenvalue weighted by Gasteiger charge is -2.38. The Hall–Kier alpha value is -1.93. The van der Waals surface area contributed by atoms with Crippen LogP contribution in [0.1, 0.15) is 27.2 Å². The zero-order valence-corrected chi connectivity index (χ0v) is 15.4. The number of carbonyl (C=O) groups excluding carboxylic acids is 2. The highest BCUT2D eigenvalue weighted by atomic mass is 19.4. The number of hydrogen-bond donors (Lipinski definition) is 1. The Labute approximate surface area is 158 Å². The standard InChI is InChI=1S/C14H18F9NO5/c1-10(2,3)29-9(26)24-7(8(25)27-4)5-6-28-11(12(15,16)17,13(18,19)20)14(21,22)23/h7H,5-6H2,1-4H3,(H,24,26)/t7-/m0/s1. The molecule has 0 saturated heterocycles. The van der Waals surface area contributed by atoms with Crippen LogP contribution in [0.2, 0.25) is 0 Å². The average molecular weight is 451 g/mol. The molecule has 0 heterocycles. The first kappa shape index (κ1) is 27.1. The molecule has 0 bridgehead atoms. The summed E-state index contributed by atoms with van der Waals surface area (Å²) in [6.07, 6.45) is -23.3. The molecule has 0 aliphatic carbocycles. The number of halogens is 9. The summed E-state index contributed by atoms with van der Waals surface area (Å²) in [5.74, 6) is -1.36. The Kier molecular flexibility index (Phi) is 8.24. The van der Waals surface area contributed by atoms with Crippen LogP contribution in [0.3, 0.4) is 0 Å². The normalized spacial score (nSPS) is 14.9. The van der Waals surface area contributed by atoms with Gasteiger partial charge in [-0.25, -0.2) is 9.59 Å². The topological polar surface area (TPSA) is 73.9 Å². The largest absolute Gasteiger partial charge is 0.467 e. The summed E-state index contributed by atoms with van der Waals surface area (Å²) >= 11 is 0. The van der Waals surface area contributed by atoms with E-state index in [4.69, 9.17) is 4.74 Å². The highest BCUT2D eigenvalue weighted by Crippen LogP contribution is 2.54. The summed E-state index contributed by atoms with van der Waals surface area (Å²) in [5.41, 5.74) is -7.58. The van der Waals surface area contributed by atoms with E-state index in [9.17, 15) is 49.1 Å². The number of hydrogen-bond acceptors (Lipinski definition) is 5. The second-order valence-electron chi connectivity index (χ2n) is 6.53. The third-order valence-electron chi connectivity index (χ3n) is 3.10. The number of alkyl halides is 9. The molecule has 1 amide bonds. The molecule has 0 saturated carbocycles. The summed E-state index contributed by atoms with van der Waals surface area (Å²) in [6.45, 7) is 2.32. The molecular formula is C14H18F9NO5. The summed E-state index contributed by atoms with van der Waals surface area (Å²) in [5, 5.41) is 1.77. The van der Waals surface area contributed by atoms with Gasteiger partial charge < -0.3 is 19.5 Å². The summed E-state index contributed by atoms with van der Waals surface area (Å²) in [6, 6.07) is -1.94. The van der Waals surface area contributed by atoms with Crippen molar-refractivity contribution >= 4 is 12.1 Å². The van der Waals surface area contributed by atoms with Gasteiger partial charge in [-0.15, -0.1) is 0 Å². The number of alkyl carbamates (subject to hydrolysis) is 1. The Balaban J connectivity index is 5.57. The highest BCUT2D eigenvalue weighted by Gasteiger charge is 2.85. The van der Waals surface area contributed by atoms with Crippen LogP contribution in [0, 0.1) is 0 Å². The van der Waals surface area contributed by atoms with E-state index in [0.717, 1.165) is 7.11 Å².